The van der Waals surface area contributed by atoms with Crippen molar-refractivity contribution in [1.29, 1.82) is 0 Å². The fraction of sp³-hybridized carbons (Fsp3) is 0.444. The van der Waals surface area contributed by atoms with Crippen molar-refractivity contribution in [3.05, 3.63) is 29.1 Å². The van der Waals surface area contributed by atoms with Gasteiger partial charge in [-0.3, -0.25) is 0 Å². The Bertz CT molecular complexity index is 161. The van der Waals surface area contributed by atoms with Crippen molar-refractivity contribution in [3.63, 3.8) is 0 Å². The van der Waals surface area contributed by atoms with Gasteiger partial charge in [0.15, 0.2) is 0 Å². The molecular weight excluding hydrogens is 119 g/mol. The first-order valence-electron chi connectivity index (χ1n) is 3.83. The molecule has 0 amide bonds. The van der Waals surface area contributed by atoms with Gasteiger partial charge in [-0.1, -0.05) is 13.8 Å². The zero-order valence-electron chi connectivity index (χ0n) is 7.31. The molecule has 0 fully saturated rings. The summed E-state index contributed by atoms with van der Waals surface area (Å²) in [6, 6.07) is 4.18. The summed E-state index contributed by atoms with van der Waals surface area (Å²) in [5.41, 5.74) is 2.74. The van der Waals surface area contributed by atoms with Crippen LogP contribution in [0.4, 0.5) is 0 Å². The van der Waals surface area contributed by atoms with Gasteiger partial charge in [-0.25, -0.2) is 0 Å². The number of hydrogen-bond acceptors (Lipinski definition) is 0. The molecule has 1 aromatic heterocycles. The average molecular weight is 134 g/mol. The van der Waals surface area contributed by atoms with Crippen molar-refractivity contribution in [1.82, 2.24) is 0 Å². The first-order chi connectivity index (χ1) is 4.80. The number of hydrogen-bond donors (Lipinski definition) is 0. The molecule has 0 spiro atoms. The van der Waals surface area contributed by atoms with Crippen molar-refractivity contribution < 1.29 is 0 Å². The summed E-state index contributed by atoms with van der Waals surface area (Å²) in [6.07, 6.45) is 0. The van der Waals surface area contributed by atoms with E-state index >= 15 is 0 Å². The molecule has 54 valence electrons. The first kappa shape index (κ1) is 9.41. The van der Waals surface area contributed by atoms with E-state index in [9.17, 15) is 0 Å². The second-order valence-electron chi connectivity index (χ2n) is 2.08. The van der Waals surface area contributed by atoms with Gasteiger partial charge in [0.1, 0.15) is 0 Å². The summed E-state index contributed by atoms with van der Waals surface area (Å²) in [5, 5.41) is 0. The van der Waals surface area contributed by atoms with E-state index in [0.29, 0.717) is 0 Å². The third-order valence-corrected chi connectivity index (χ3v) is 1.43. The van der Waals surface area contributed by atoms with Gasteiger partial charge in [0.25, 0.3) is 0 Å². The van der Waals surface area contributed by atoms with Crippen LogP contribution in [-0.4, -0.2) is 6.91 Å². The van der Waals surface area contributed by atoms with Crippen LogP contribution in [0.2, 0.25) is 0 Å². The normalized spacial score (nSPS) is 7.60. The predicted molar refractivity (Wildman–Crippen MR) is 48.6 cm³/mol. The van der Waals surface area contributed by atoms with Gasteiger partial charge < -0.3 is 0 Å². The molecule has 0 saturated carbocycles. The van der Waals surface area contributed by atoms with Gasteiger partial charge in [0.05, 0.1) is 0 Å². The van der Waals surface area contributed by atoms with Crippen LogP contribution in [0, 0.1) is 13.8 Å². The Morgan fingerprint density at radius 1 is 1.20 bits per heavy atom. The summed E-state index contributed by atoms with van der Waals surface area (Å²) in [4.78, 5) is 0. The SMILES string of the molecule is CC.Cc1bcccc1C. The maximum atomic E-state index is 2.12. The Kier molecular flexibility index (Phi) is 4.91. The third kappa shape index (κ3) is 2.81. The fourth-order valence-corrected chi connectivity index (χ4v) is 0.663. The van der Waals surface area contributed by atoms with Crippen LogP contribution in [0.5, 0.6) is 0 Å². The van der Waals surface area contributed by atoms with Crippen molar-refractivity contribution in [2.24, 2.45) is 0 Å². The molecule has 0 aliphatic rings. The first-order valence-corrected chi connectivity index (χ1v) is 3.83. The molecule has 0 atom stereocenters. The molecule has 0 bridgehead atoms. The van der Waals surface area contributed by atoms with E-state index in [2.05, 4.69) is 38.9 Å². The van der Waals surface area contributed by atoms with Crippen LogP contribution in [0.25, 0.3) is 0 Å². The summed E-state index contributed by atoms with van der Waals surface area (Å²) in [6.45, 7) is 10.4. The van der Waals surface area contributed by atoms with E-state index < -0.39 is 0 Å². The summed E-state index contributed by atoms with van der Waals surface area (Å²) in [7, 11) is 0. The molecule has 1 aromatic rings. The molecule has 1 rings (SSSR count). The van der Waals surface area contributed by atoms with E-state index in [0.717, 1.165) is 0 Å². The van der Waals surface area contributed by atoms with E-state index in [4.69, 9.17) is 0 Å². The summed E-state index contributed by atoms with van der Waals surface area (Å²) >= 11 is 0. The Balaban J connectivity index is 0.000000371. The number of rotatable bonds is 0. The van der Waals surface area contributed by atoms with Gasteiger partial charge in [-0.2, -0.15) is 0 Å². The van der Waals surface area contributed by atoms with Crippen LogP contribution >= 0.6 is 0 Å². The van der Waals surface area contributed by atoms with Gasteiger partial charge >= 0.3 is 49.9 Å². The molecule has 1 heterocycles. The van der Waals surface area contributed by atoms with Crippen molar-refractivity contribution >= 4 is 6.91 Å². The van der Waals surface area contributed by atoms with E-state index in [1.165, 1.54) is 11.0 Å². The Labute approximate surface area is 64.5 Å². The fourth-order valence-electron chi connectivity index (χ4n) is 0.663. The van der Waals surface area contributed by atoms with Crippen molar-refractivity contribution in [3.8, 4) is 0 Å². The van der Waals surface area contributed by atoms with Crippen LogP contribution in [0.3, 0.4) is 0 Å². The molecular formula is C9H15B. The molecule has 0 unspecified atom stereocenters. The van der Waals surface area contributed by atoms with Crippen molar-refractivity contribution in [2.45, 2.75) is 27.7 Å². The molecule has 0 aromatic carbocycles. The van der Waals surface area contributed by atoms with Crippen LogP contribution in [-0.2, 0) is 0 Å². The monoisotopic (exact) mass is 134 g/mol. The van der Waals surface area contributed by atoms with Gasteiger partial charge in [0, 0.05) is 0 Å². The second-order valence-corrected chi connectivity index (χ2v) is 2.08. The van der Waals surface area contributed by atoms with E-state index in [1.807, 2.05) is 13.8 Å². The second kappa shape index (κ2) is 5.22. The Morgan fingerprint density at radius 2 is 1.80 bits per heavy atom. The molecule has 0 radical (unpaired) electrons. The third-order valence-electron chi connectivity index (χ3n) is 1.43. The van der Waals surface area contributed by atoms with Gasteiger partial charge in [-0.05, 0) is 0 Å². The molecule has 0 N–H and O–H groups in total. The standard InChI is InChI=1S/C7H9B.C2H6/c1-6-4-3-5-8-7(6)2;1-2/h3-5H,1-2H3;1-2H3. The minimum atomic E-state index is 1.37. The molecule has 10 heavy (non-hydrogen) atoms. The quantitative estimate of drug-likeness (QED) is 0.511. The zero-order chi connectivity index (χ0) is 7.98. The molecule has 1 heteroatoms. The van der Waals surface area contributed by atoms with Crippen LogP contribution in [0.1, 0.15) is 24.9 Å². The molecule has 0 saturated heterocycles. The average Bonchev–Trinajstić information content (AvgIpc) is 2.00. The zero-order valence-corrected chi connectivity index (χ0v) is 7.31. The summed E-state index contributed by atoms with van der Waals surface area (Å²) in [5.74, 6) is 2.06. The van der Waals surface area contributed by atoms with E-state index in [1.54, 1.807) is 0 Å². The Hall–Kier alpha value is -0.585. The van der Waals surface area contributed by atoms with E-state index in [-0.39, 0.29) is 0 Å². The molecule has 0 aliphatic carbocycles. The topological polar surface area (TPSA) is 0 Å². The van der Waals surface area contributed by atoms with Gasteiger partial charge in [-0.15, -0.1) is 0 Å². The number of aryl methyl sites for hydroxylation is 2. The molecule has 0 nitrogen and oxygen atoms in total. The predicted octanol–water partition coefficient (Wildman–Crippen LogP) is 2.67. The minimum absolute atomic E-state index is 1.37. The maximum absolute atomic E-state index is 2.12. The Morgan fingerprint density at radius 3 is 2.10 bits per heavy atom. The van der Waals surface area contributed by atoms with Crippen LogP contribution in [0.15, 0.2) is 18.1 Å². The van der Waals surface area contributed by atoms with Gasteiger partial charge in [0.2, 0.25) is 0 Å². The van der Waals surface area contributed by atoms with Crippen LogP contribution < -0.4 is 0 Å². The van der Waals surface area contributed by atoms with Crippen molar-refractivity contribution in [2.75, 3.05) is 0 Å². The summed E-state index contributed by atoms with van der Waals surface area (Å²) < 4.78 is 0. The molecule has 0 aliphatic heterocycles.